The molecular weight excluding hydrogens is 276 g/mol. The van der Waals surface area contributed by atoms with Crippen LogP contribution >= 0.6 is 14.7 Å². The van der Waals surface area contributed by atoms with Gasteiger partial charge in [-0.25, -0.2) is 4.52 Å². The first kappa shape index (κ1) is 19.3. The van der Waals surface area contributed by atoms with Crippen molar-refractivity contribution >= 4 is 14.7 Å². The van der Waals surface area contributed by atoms with E-state index >= 15 is 0 Å². The van der Waals surface area contributed by atoms with Crippen molar-refractivity contribution in [2.24, 2.45) is 9.26 Å². The Morgan fingerprint density at radius 2 is 1.11 bits per heavy atom. The highest BCUT2D eigenvalue weighted by Gasteiger charge is 2.26. The van der Waals surface area contributed by atoms with Crippen molar-refractivity contribution in [2.75, 3.05) is 55.6 Å². The Morgan fingerprint density at radius 1 is 0.737 bits per heavy atom. The largest absolute Gasteiger partial charge is 0.264 e. The molecule has 0 amide bonds. The normalized spacial score (nSPS) is 16.9. The predicted molar refractivity (Wildman–Crippen MR) is 91.4 cm³/mol. The maximum atomic E-state index is 5.26. The standard InChI is InChI=1S/C12H33N5P2/c1-12(2,3)13-18(10,15(4)5)14-19(11,16(6)7)17(8)9/h1-11H3. The highest BCUT2D eigenvalue weighted by Crippen LogP contribution is 2.63. The molecule has 1 unspecified atom stereocenters. The Labute approximate surface area is 120 Å². The zero-order valence-corrected chi connectivity index (χ0v) is 16.4. The average Bonchev–Trinajstić information content (AvgIpc) is 2.13. The molecule has 0 heterocycles. The predicted octanol–water partition coefficient (Wildman–Crippen LogP) is 3.79. The Bertz CT molecular complexity index is 393. The molecule has 19 heavy (non-hydrogen) atoms. The Balaban J connectivity index is 6.17. The second-order valence-corrected chi connectivity index (χ2v) is 13.4. The van der Waals surface area contributed by atoms with Crippen LogP contribution in [0.5, 0.6) is 0 Å². The van der Waals surface area contributed by atoms with Crippen molar-refractivity contribution in [2.45, 2.75) is 26.3 Å². The molecule has 0 aliphatic rings. The summed E-state index contributed by atoms with van der Waals surface area (Å²) in [7, 11) is 9.08. The van der Waals surface area contributed by atoms with Gasteiger partial charge in [-0.1, -0.05) is 0 Å². The van der Waals surface area contributed by atoms with Crippen LogP contribution in [-0.4, -0.2) is 75.2 Å². The molecule has 0 aromatic carbocycles. The van der Waals surface area contributed by atoms with Crippen LogP contribution in [-0.2, 0) is 0 Å². The molecule has 116 valence electrons. The van der Waals surface area contributed by atoms with E-state index in [1.807, 2.05) is 0 Å². The lowest BCUT2D eigenvalue weighted by Gasteiger charge is -2.37. The van der Waals surface area contributed by atoms with Gasteiger partial charge in [-0.2, -0.15) is 0 Å². The number of hydrogen-bond acceptors (Lipinski definition) is 1. The number of rotatable bonds is 4. The van der Waals surface area contributed by atoms with E-state index in [0.717, 1.165) is 0 Å². The topological polar surface area (TPSA) is 34.4 Å². The van der Waals surface area contributed by atoms with Gasteiger partial charge in [0.1, 0.15) is 14.7 Å². The van der Waals surface area contributed by atoms with E-state index in [1.54, 1.807) is 0 Å². The summed E-state index contributed by atoms with van der Waals surface area (Å²) >= 11 is 0. The third kappa shape index (κ3) is 5.32. The van der Waals surface area contributed by atoms with Crippen LogP contribution in [0.3, 0.4) is 0 Å². The van der Waals surface area contributed by atoms with Gasteiger partial charge in [-0.3, -0.25) is 18.8 Å². The highest BCUT2D eigenvalue weighted by atomic mass is 31.2. The van der Waals surface area contributed by atoms with E-state index < -0.39 is 14.7 Å². The van der Waals surface area contributed by atoms with Gasteiger partial charge in [-0.05, 0) is 69.7 Å². The van der Waals surface area contributed by atoms with Gasteiger partial charge in [0.05, 0.1) is 5.54 Å². The lowest BCUT2D eigenvalue weighted by atomic mass is 10.1. The molecule has 0 spiro atoms. The summed E-state index contributed by atoms with van der Waals surface area (Å²) in [6.45, 7) is 10.9. The second kappa shape index (κ2) is 6.41. The maximum absolute atomic E-state index is 5.26. The van der Waals surface area contributed by atoms with Crippen molar-refractivity contribution in [3.63, 3.8) is 0 Å². The zero-order valence-electron chi connectivity index (χ0n) is 14.6. The molecule has 0 fully saturated rings. The molecule has 5 nitrogen and oxygen atoms in total. The van der Waals surface area contributed by atoms with Crippen molar-refractivity contribution in [1.82, 2.24) is 14.0 Å². The monoisotopic (exact) mass is 309 g/mol. The summed E-state index contributed by atoms with van der Waals surface area (Å²) in [5.41, 5.74) is -0.0697. The van der Waals surface area contributed by atoms with Crippen LogP contribution in [0.15, 0.2) is 9.26 Å². The summed E-state index contributed by atoms with van der Waals surface area (Å²) < 4.78 is 17.0. The van der Waals surface area contributed by atoms with Gasteiger partial charge in [0.15, 0.2) is 0 Å². The van der Waals surface area contributed by atoms with Crippen LogP contribution < -0.4 is 0 Å². The molecule has 0 rings (SSSR count). The minimum Gasteiger partial charge on any atom is -0.264 e. The van der Waals surface area contributed by atoms with Gasteiger partial charge >= 0.3 is 0 Å². The molecule has 0 aromatic rings. The third-order valence-electron chi connectivity index (χ3n) is 3.10. The molecule has 0 saturated heterocycles. The van der Waals surface area contributed by atoms with Gasteiger partial charge in [0.25, 0.3) is 0 Å². The Kier molecular flexibility index (Phi) is 6.52. The summed E-state index contributed by atoms with van der Waals surface area (Å²) in [6, 6.07) is 0. The number of hydrogen-bond donors (Lipinski definition) is 0. The van der Waals surface area contributed by atoms with Crippen LogP contribution in [0.1, 0.15) is 20.8 Å². The molecule has 0 aliphatic heterocycles. The first-order valence-corrected chi connectivity index (χ1v) is 10.7. The van der Waals surface area contributed by atoms with Crippen LogP contribution in [0.4, 0.5) is 0 Å². The first-order chi connectivity index (χ1) is 8.24. The summed E-state index contributed by atoms with van der Waals surface area (Å²) in [5, 5.41) is 0. The van der Waals surface area contributed by atoms with E-state index in [9.17, 15) is 0 Å². The van der Waals surface area contributed by atoms with Crippen molar-refractivity contribution in [3.05, 3.63) is 0 Å². The zero-order chi connectivity index (χ0) is 15.6. The van der Waals surface area contributed by atoms with Crippen LogP contribution in [0.25, 0.3) is 0 Å². The van der Waals surface area contributed by atoms with Crippen molar-refractivity contribution in [1.29, 1.82) is 0 Å². The van der Waals surface area contributed by atoms with Gasteiger partial charge < -0.3 is 0 Å². The minimum absolute atomic E-state index is 0.0697. The van der Waals surface area contributed by atoms with E-state index in [4.69, 9.17) is 9.26 Å². The van der Waals surface area contributed by atoms with Crippen LogP contribution in [0.2, 0.25) is 0 Å². The molecule has 0 aromatic heterocycles. The maximum Gasteiger partial charge on any atom is 0.138 e. The quantitative estimate of drug-likeness (QED) is 0.741. The lowest BCUT2D eigenvalue weighted by Crippen LogP contribution is -2.21. The Morgan fingerprint density at radius 3 is 1.32 bits per heavy atom. The Hall–Kier alpha value is 0.340. The van der Waals surface area contributed by atoms with E-state index in [1.165, 1.54) is 0 Å². The summed E-state index contributed by atoms with van der Waals surface area (Å²) in [4.78, 5) is 0. The minimum atomic E-state index is -1.84. The van der Waals surface area contributed by atoms with Crippen LogP contribution in [0, 0.1) is 0 Å². The fourth-order valence-corrected chi connectivity index (χ4v) is 8.28. The molecular formula is C12H33N5P2. The summed E-state index contributed by atoms with van der Waals surface area (Å²) in [5.74, 6) is 0. The molecule has 0 aliphatic carbocycles. The van der Waals surface area contributed by atoms with Crippen molar-refractivity contribution in [3.8, 4) is 0 Å². The molecule has 0 bridgehead atoms. The average molecular weight is 309 g/mol. The second-order valence-electron chi connectivity index (χ2n) is 6.64. The smallest absolute Gasteiger partial charge is 0.138 e. The molecule has 0 saturated carbocycles. The van der Waals surface area contributed by atoms with Gasteiger partial charge in [0, 0.05) is 6.66 Å². The molecule has 0 radical (unpaired) electrons. The molecule has 7 heteroatoms. The fraction of sp³-hybridized carbons (Fsp3) is 1.00. The van der Waals surface area contributed by atoms with Crippen molar-refractivity contribution < 1.29 is 0 Å². The highest BCUT2D eigenvalue weighted by molar-refractivity contribution is 7.72. The first-order valence-electron chi connectivity index (χ1n) is 6.50. The molecule has 1 atom stereocenters. The lowest BCUT2D eigenvalue weighted by molar-refractivity contribution is 0.561. The molecule has 0 N–H and O–H groups in total. The van der Waals surface area contributed by atoms with E-state index in [2.05, 4.69) is 90.4 Å². The van der Waals surface area contributed by atoms with Gasteiger partial charge in [-0.15, -0.1) is 0 Å². The van der Waals surface area contributed by atoms with E-state index in [-0.39, 0.29) is 5.54 Å². The third-order valence-corrected chi connectivity index (χ3v) is 11.3. The van der Waals surface area contributed by atoms with E-state index in [0.29, 0.717) is 0 Å². The van der Waals surface area contributed by atoms with Gasteiger partial charge in [0.2, 0.25) is 0 Å². The SMILES string of the molecule is CN(C)P(C)(=NC(C)(C)C)N=P(C)(N(C)C)N(C)C. The summed E-state index contributed by atoms with van der Waals surface area (Å²) in [6.07, 6.45) is 0. The fourth-order valence-electron chi connectivity index (χ4n) is 1.60. The number of nitrogens with zero attached hydrogens (tertiary/aromatic N) is 5.